The van der Waals surface area contributed by atoms with E-state index >= 15 is 0 Å². The first kappa shape index (κ1) is 7.54. The fourth-order valence-corrected chi connectivity index (χ4v) is 1.92. The lowest BCUT2D eigenvalue weighted by atomic mass is 10.1. The van der Waals surface area contributed by atoms with Crippen molar-refractivity contribution in [3.8, 4) is 0 Å². The Labute approximate surface area is 80.3 Å². The maximum atomic E-state index is 11.4. The number of allylic oxidation sites excluding steroid dienone is 1. The fraction of sp³-hybridized carbons (Fsp3) is 0.375. The average molecular weight is 191 g/mol. The fourth-order valence-electron chi connectivity index (χ4n) is 1.92. The number of urea groups is 1. The van der Waals surface area contributed by atoms with E-state index in [0.29, 0.717) is 6.54 Å². The van der Waals surface area contributed by atoms with E-state index in [2.05, 4.69) is 21.1 Å². The largest absolute Gasteiger partial charge is 0.342 e. The molecule has 0 atom stereocenters. The van der Waals surface area contributed by atoms with Gasteiger partial charge in [-0.1, -0.05) is 0 Å². The molecule has 72 valence electrons. The third-order valence-electron chi connectivity index (χ3n) is 2.57. The number of hydrogen-bond donors (Lipinski definition) is 2. The normalized spacial score (nSPS) is 23.9. The highest BCUT2D eigenvalue weighted by Gasteiger charge is 2.33. The van der Waals surface area contributed by atoms with Crippen molar-refractivity contribution in [2.24, 2.45) is 10.2 Å². The quantitative estimate of drug-likeness (QED) is 0.547. The Morgan fingerprint density at radius 3 is 3.36 bits per heavy atom. The lowest BCUT2D eigenvalue weighted by Gasteiger charge is -2.23. The smallest absolute Gasteiger partial charge is 0.306 e. The first-order valence-corrected chi connectivity index (χ1v) is 4.50. The van der Waals surface area contributed by atoms with Gasteiger partial charge in [0.05, 0.1) is 18.5 Å². The number of rotatable bonds is 0. The van der Waals surface area contributed by atoms with Gasteiger partial charge in [-0.3, -0.25) is 4.90 Å². The topological polar surface area (TPSA) is 69.1 Å². The summed E-state index contributed by atoms with van der Waals surface area (Å²) < 4.78 is 0. The zero-order chi connectivity index (χ0) is 9.54. The van der Waals surface area contributed by atoms with Crippen LogP contribution in [0.25, 0.3) is 0 Å². The lowest BCUT2D eigenvalue weighted by Crippen LogP contribution is -2.42. The third kappa shape index (κ3) is 0.876. The monoisotopic (exact) mass is 191 g/mol. The number of amides is 2. The van der Waals surface area contributed by atoms with Crippen molar-refractivity contribution in [1.82, 2.24) is 15.8 Å². The van der Waals surface area contributed by atoms with Crippen molar-refractivity contribution < 1.29 is 4.79 Å². The van der Waals surface area contributed by atoms with Crippen LogP contribution in [0.2, 0.25) is 0 Å². The number of nitrogens with one attached hydrogen (secondary N) is 2. The van der Waals surface area contributed by atoms with E-state index in [1.54, 1.807) is 11.1 Å². The number of carbonyl (C=O) groups excluding carboxylic acids is 1. The molecule has 0 fully saturated rings. The van der Waals surface area contributed by atoms with Crippen LogP contribution in [0.4, 0.5) is 4.79 Å². The highest BCUT2D eigenvalue weighted by atomic mass is 16.2. The second-order valence-electron chi connectivity index (χ2n) is 3.36. The van der Waals surface area contributed by atoms with Crippen LogP contribution in [0.1, 0.15) is 6.42 Å². The van der Waals surface area contributed by atoms with Gasteiger partial charge in [0.15, 0.2) is 0 Å². The van der Waals surface area contributed by atoms with Crippen molar-refractivity contribution in [3.63, 3.8) is 0 Å². The molecule has 0 aliphatic carbocycles. The van der Waals surface area contributed by atoms with Crippen LogP contribution in [0.5, 0.6) is 0 Å². The minimum absolute atomic E-state index is 0.144. The van der Waals surface area contributed by atoms with Gasteiger partial charge in [-0.15, -0.1) is 0 Å². The maximum Gasteiger partial charge on any atom is 0.342 e. The van der Waals surface area contributed by atoms with Crippen LogP contribution in [0, 0.1) is 0 Å². The van der Waals surface area contributed by atoms with Crippen molar-refractivity contribution in [2.45, 2.75) is 6.42 Å². The molecular formula is C8H9N5O. The number of carbonyl (C=O) groups is 1. The lowest BCUT2D eigenvalue weighted by molar-refractivity contribution is 0.215. The van der Waals surface area contributed by atoms with Crippen molar-refractivity contribution in [1.29, 1.82) is 0 Å². The van der Waals surface area contributed by atoms with Crippen LogP contribution in [0.15, 0.2) is 21.5 Å². The van der Waals surface area contributed by atoms with Crippen LogP contribution in [-0.4, -0.2) is 35.9 Å². The molecule has 2 amide bonds. The molecule has 14 heavy (non-hydrogen) atoms. The molecule has 0 saturated carbocycles. The predicted octanol–water partition coefficient (Wildman–Crippen LogP) is -0.386. The predicted molar refractivity (Wildman–Crippen MR) is 50.8 cm³/mol. The Hall–Kier alpha value is -1.85. The van der Waals surface area contributed by atoms with Crippen molar-refractivity contribution >= 4 is 18.0 Å². The number of nitrogens with zero attached hydrogens (tertiary/aromatic N) is 3. The van der Waals surface area contributed by atoms with Gasteiger partial charge in [-0.2, -0.15) is 10.2 Å². The molecule has 2 N–H and O–H groups in total. The molecule has 0 unspecified atom stereocenters. The highest BCUT2D eigenvalue weighted by Crippen LogP contribution is 2.26. The Bertz CT molecular complexity index is 395. The van der Waals surface area contributed by atoms with E-state index in [0.717, 1.165) is 24.4 Å². The first-order chi connectivity index (χ1) is 6.86. The van der Waals surface area contributed by atoms with Crippen molar-refractivity contribution in [2.75, 3.05) is 13.1 Å². The van der Waals surface area contributed by atoms with Gasteiger partial charge < -0.3 is 5.43 Å². The van der Waals surface area contributed by atoms with Crippen LogP contribution in [0.3, 0.4) is 0 Å². The zero-order valence-corrected chi connectivity index (χ0v) is 7.45. The summed E-state index contributed by atoms with van der Waals surface area (Å²) >= 11 is 0. The van der Waals surface area contributed by atoms with Gasteiger partial charge in [0.25, 0.3) is 0 Å². The molecule has 0 aromatic carbocycles. The minimum Gasteiger partial charge on any atom is -0.306 e. The Balaban J connectivity index is 2.15. The Kier molecular flexibility index (Phi) is 1.38. The molecule has 3 aliphatic rings. The zero-order valence-electron chi connectivity index (χ0n) is 7.45. The molecule has 3 rings (SSSR count). The summed E-state index contributed by atoms with van der Waals surface area (Å²) in [4.78, 5) is 13.1. The molecule has 3 aliphatic heterocycles. The van der Waals surface area contributed by atoms with Gasteiger partial charge >= 0.3 is 6.03 Å². The molecule has 3 heterocycles. The Morgan fingerprint density at radius 1 is 1.50 bits per heavy atom. The van der Waals surface area contributed by atoms with E-state index in [4.69, 9.17) is 0 Å². The molecule has 6 heteroatoms. The van der Waals surface area contributed by atoms with Gasteiger partial charge in [0, 0.05) is 6.54 Å². The number of hydrazone groups is 2. The van der Waals surface area contributed by atoms with E-state index in [-0.39, 0.29) is 6.03 Å². The van der Waals surface area contributed by atoms with Crippen LogP contribution < -0.4 is 10.9 Å². The average Bonchev–Trinajstić information content (AvgIpc) is 2.51. The summed E-state index contributed by atoms with van der Waals surface area (Å²) in [5.41, 5.74) is 8.25. The van der Waals surface area contributed by atoms with Crippen LogP contribution >= 0.6 is 0 Å². The molecule has 0 aromatic rings. The van der Waals surface area contributed by atoms with E-state index in [9.17, 15) is 4.79 Å². The summed E-state index contributed by atoms with van der Waals surface area (Å²) in [6.07, 6.45) is 2.54. The minimum atomic E-state index is -0.144. The molecule has 0 bridgehead atoms. The van der Waals surface area contributed by atoms with E-state index in [1.807, 2.05) is 0 Å². The van der Waals surface area contributed by atoms with Gasteiger partial charge in [0.2, 0.25) is 0 Å². The third-order valence-corrected chi connectivity index (χ3v) is 2.57. The van der Waals surface area contributed by atoms with E-state index in [1.165, 1.54) is 5.57 Å². The first-order valence-electron chi connectivity index (χ1n) is 4.50. The summed E-state index contributed by atoms with van der Waals surface area (Å²) in [7, 11) is 0. The van der Waals surface area contributed by atoms with Gasteiger partial charge in [-0.25, -0.2) is 10.2 Å². The molecule has 0 radical (unpaired) electrons. The maximum absolute atomic E-state index is 11.4. The van der Waals surface area contributed by atoms with Gasteiger partial charge in [-0.05, 0) is 12.0 Å². The van der Waals surface area contributed by atoms with Crippen LogP contribution in [-0.2, 0) is 0 Å². The standard InChI is InChI=1S/C8H9N5O/c14-8-12-11-6-4-10-9-3-5-1-2-13(8)7(5)6/h4,9H,1-3H2,(H,12,14). The Morgan fingerprint density at radius 2 is 2.43 bits per heavy atom. The van der Waals surface area contributed by atoms with E-state index < -0.39 is 0 Å². The summed E-state index contributed by atoms with van der Waals surface area (Å²) in [5, 5.41) is 7.94. The number of hydrogen-bond acceptors (Lipinski definition) is 4. The molecular weight excluding hydrogens is 182 g/mol. The van der Waals surface area contributed by atoms with Crippen molar-refractivity contribution in [3.05, 3.63) is 11.3 Å². The highest BCUT2D eigenvalue weighted by molar-refractivity contribution is 6.39. The molecule has 0 spiro atoms. The van der Waals surface area contributed by atoms with Gasteiger partial charge in [0.1, 0.15) is 5.71 Å². The molecule has 6 nitrogen and oxygen atoms in total. The summed E-state index contributed by atoms with van der Waals surface area (Å²) in [5.74, 6) is 0. The molecule has 0 aromatic heterocycles. The summed E-state index contributed by atoms with van der Waals surface area (Å²) in [6, 6.07) is -0.144. The second kappa shape index (κ2) is 2.57. The molecule has 0 saturated heterocycles. The SMILES string of the molecule is O=C1NN=C2C=NNCC3=C2N1CC3. The summed E-state index contributed by atoms with van der Waals surface area (Å²) in [6.45, 7) is 1.44. The second-order valence-corrected chi connectivity index (χ2v) is 3.36.